The molecule has 0 fully saturated rings. The molecule has 0 atom stereocenters. The largest absolute Gasteiger partial charge is 0.383 e. The first-order valence-corrected chi connectivity index (χ1v) is 6.72. The van der Waals surface area contributed by atoms with Gasteiger partial charge in [-0.3, -0.25) is 0 Å². The van der Waals surface area contributed by atoms with Gasteiger partial charge in [-0.2, -0.15) is 0 Å². The normalized spacial score (nSPS) is 21.7. The Bertz CT molecular complexity index is 523. The maximum atomic E-state index is 13.6. The highest BCUT2D eigenvalue weighted by molar-refractivity contribution is 7.91. The molecule has 0 saturated heterocycles. The summed E-state index contributed by atoms with van der Waals surface area (Å²) in [5.74, 6) is -0.719. The predicted octanol–water partition coefficient (Wildman–Crippen LogP) is 2.05. The van der Waals surface area contributed by atoms with Crippen molar-refractivity contribution in [2.75, 3.05) is 17.6 Å². The van der Waals surface area contributed by atoms with Gasteiger partial charge >= 0.3 is 0 Å². The second-order valence-electron chi connectivity index (χ2n) is 4.89. The highest BCUT2D eigenvalue weighted by Crippen LogP contribution is 2.33. The fourth-order valence-electron chi connectivity index (χ4n) is 1.94. The minimum absolute atomic E-state index is 0.0407. The van der Waals surface area contributed by atoms with E-state index < -0.39 is 21.1 Å². The number of rotatable bonds is 0. The van der Waals surface area contributed by atoms with Crippen molar-refractivity contribution in [3.05, 3.63) is 24.0 Å². The number of fused-ring (bicyclic) bond motifs is 1. The molecule has 0 aliphatic carbocycles. The number of sulfone groups is 1. The van der Waals surface area contributed by atoms with E-state index in [-0.39, 0.29) is 10.6 Å². The second-order valence-corrected chi connectivity index (χ2v) is 6.82. The lowest BCUT2D eigenvalue weighted by Gasteiger charge is -2.20. The minimum atomic E-state index is -3.55. The van der Waals surface area contributed by atoms with Crippen molar-refractivity contribution in [3.63, 3.8) is 0 Å². The molecule has 2 rings (SSSR count). The van der Waals surface area contributed by atoms with Crippen molar-refractivity contribution in [3.8, 4) is 0 Å². The van der Waals surface area contributed by atoms with Crippen LogP contribution in [0.15, 0.2) is 23.1 Å². The maximum Gasteiger partial charge on any atom is 0.183 e. The Morgan fingerprint density at radius 2 is 2.06 bits per heavy atom. The molecule has 0 spiro atoms. The highest BCUT2D eigenvalue weighted by atomic mass is 32.2. The summed E-state index contributed by atoms with van der Waals surface area (Å²) in [7, 11) is -3.55. The molecule has 16 heavy (non-hydrogen) atoms. The summed E-state index contributed by atoms with van der Waals surface area (Å²) in [4.78, 5) is -0.194. The fraction of sp³-hybridized carbons (Fsp3) is 0.455. The standard InChI is InChI=1S/C11H14FNO2S/c1-11(2)6-13-9-5-3-4-8(12)10(9)16(14,15)7-11/h3-5,13H,6-7H2,1-2H3. The molecule has 0 amide bonds. The van der Waals surface area contributed by atoms with Crippen molar-refractivity contribution in [1.82, 2.24) is 0 Å². The van der Waals surface area contributed by atoms with E-state index in [2.05, 4.69) is 5.32 Å². The van der Waals surface area contributed by atoms with E-state index in [1.54, 1.807) is 6.07 Å². The fourth-order valence-corrected chi connectivity index (χ4v) is 4.05. The van der Waals surface area contributed by atoms with Crippen LogP contribution in [0.3, 0.4) is 0 Å². The van der Waals surface area contributed by atoms with E-state index >= 15 is 0 Å². The first-order valence-electron chi connectivity index (χ1n) is 5.07. The average molecular weight is 243 g/mol. The molecule has 1 aromatic rings. The molecule has 88 valence electrons. The molecule has 1 aliphatic rings. The number of anilines is 1. The van der Waals surface area contributed by atoms with Gasteiger partial charge in [0.25, 0.3) is 0 Å². The molecule has 5 heteroatoms. The summed E-state index contributed by atoms with van der Waals surface area (Å²) in [6, 6.07) is 4.28. The predicted molar refractivity (Wildman–Crippen MR) is 60.7 cm³/mol. The summed E-state index contributed by atoms with van der Waals surface area (Å²) < 4.78 is 37.7. The van der Waals surface area contributed by atoms with Crippen molar-refractivity contribution in [2.45, 2.75) is 18.7 Å². The average Bonchev–Trinajstić information content (AvgIpc) is 2.20. The van der Waals surface area contributed by atoms with Gasteiger partial charge in [0.1, 0.15) is 10.7 Å². The number of halogens is 1. The summed E-state index contributed by atoms with van der Waals surface area (Å²) >= 11 is 0. The van der Waals surface area contributed by atoms with Crippen molar-refractivity contribution in [2.24, 2.45) is 5.41 Å². The molecule has 0 bridgehead atoms. The van der Waals surface area contributed by atoms with Gasteiger partial charge in [0, 0.05) is 6.54 Å². The van der Waals surface area contributed by atoms with Crippen LogP contribution in [-0.4, -0.2) is 20.7 Å². The summed E-state index contributed by atoms with van der Waals surface area (Å²) in [5, 5.41) is 2.99. The first-order chi connectivity index (χ1) is 7.32. The molecular weight excluding hydrogens is 229 g/mol. The topological polar surface area (TPSA) is 46.2 Å². The summed E-state index contributed by atoms with van der Waals surface area (Å²) in [6.45, 7) is 4.21. The highest BCUT2D eigenvalue weighted by Gasteiger charge is 2.34. The van der Waals surface area contributed by atoms with E-state index in [0.29, 0.717) is 12.2 Å². The van der Waals surface area contributed by atoms with Crippen LogP contribution >= 0.6 is 0 Å². The molecule has 1 aliphatic heterocycles. The van der Waals surface area contributed by atoms with E-state index in [1.807, 2.05) is 13.8 Å². The van der Waals surface area contributed by atoms with Gasteiger partial charge in [0.2, 0.25) is 0 Å². The smallest absolute Gasteiger partial charge is 0.183 e. The van der Waals surface area contributed by atoms with E-state index in [4.69, 9.17) is 0 Å². The molecule has 3 nitrogen and oxygen atoms in total. The van der Waals surface area contributed by atoms with Crippen LogP contribution in [0.5, 0.6) is 0 Å². The molecule has 0 saturated carbocycles. The van der Waals surface area contributed by atoms with Crippen LogP contribution < -0.4 is 5.32 Å². The molecule has 1 aromatic carbocycles. The molecular formula is C11H14FNO2S. The summed E-state index contributed by atoms with van der Waals surface area (Å²) in [6.07, 6.45) is 0. The van der Waals surface area contributed by atoms with Crippen LogP contribution in [0.4, 0.5) is 10.1 Å². The maximum absolute atomic E-state index is 13.6. The molecule has 1 heterocycles. The van der Waals surface area contributed by atoms with Crippen molar-refractivity contribution >= 4 is 15.5 Å². The number of nitrogens with one attached hydrogen (secondary N) is 1. The van der Waals surface area contributed by atoms with Gasteiger partial charge in [-0.15, -0.1) is 0 Å². The number of benzene rings is 1. The number of hydrogen-bond donors (Lipinski definition) is 1. The third-order valence-corrected chi connectivity index (χ3v) is 4.81. The van der Waals surface area contributed by atoms with Gasteiger partial charge < -0.3 is 5.32 Å². The van der Waals surface area contributed by atoms with Gasteiger partial charge in [0.05, 0.1) is 11.4 Å². The lowest BCUT2D eigenvalue weighted by atomic mass is 9.96. The van der Waals surface area contributed by atoms with Crippen LogP contribution in [0.1, 0.15) is 13.8 Å². The van der Waals surface area contributed by atoms with Crippen molar-refractivity contribution in [1.29, 1.82) is 0 Å². The lowest BCUT2D eigenvalue weighted by molar-refractivity contribution is 0.442. The van der Waals surface area contributed by atoms with E-state index in [1.165, 1.54) is 12.1 Å². The van der Waals surface area contributed by atoms with Gasteiger partial charge in [-0.1, -0.05) is 19.9 Å². The zero-order chi connectivity index (χ0) is 12.0. The Labute approximate surface area is 94.6 Å². The Morgan fingerprint density at radius 3 is 2.75 bits per heavy atom. The van der Waals surface area contributed by atoms with Crippen LogP contribution in [-0.2, 0) is 9.84 Å². The molecule has 1 N–H and O–H groups in total. The minimum Gasteiger partial charge on any atom is -0.383 e. The third kappa shape index (κ3) is 1.91. The van der Waals surface area contributed by atoms with Crippen LogP contribution in [0, 0.1) is 11.2 Å². The van der Waals surface area contributed by atoms with Gasteiger partial charge in [-0.25, -0.2) is 12.8 Å². The Morgan fingerprint density at radius 1 is 1.38 bits per heavy atom. The Kier molecular flexibility index (Phi) is 2.45. The molecule has 0 aromatic heterocycles. The van der Waals surface area contributed by atoms with Crippen LogP contribution in [0.2, 0.25) is 0 Å². The summed E-state index contributed by atoms with van der Waals surface area (Å²) in [5.41, 5.74) is -0.0322. The monoisotopic (exact) mass is 243 g/mol. The lowest BCUT2D eigenvalue weighted by Crippen LogP contribution is -2.28. The number of hydrogen-bond acceptors (Lipinski definition) is 3. The SMILES string of the molecule is CC1(C)CNc2cccc(F)c2S(=O)(=O)C1. The Hall–Kier alpha value is -1.10. The third-order valence-electron chi connectivity index (χ3n) is 2.62. The zero-order valence-electron chi connectivity index (χ0n) is 9.25. The first kappa shape index (κ1) is 11.4. The van der Waals surface area contributed by atoms with Gasteiger partial charge in [-0.05, 0) is 17.5 Å². The molecule has 0 unspecified atom stereocenters. The van der Waals surface area contributed by atoms with Gasteiger partial charge in [0.15, 0.2) is 9.84 Å². The van der Waals surface area contributed by atoms with Crippen molar-refractivity contribution < 1.29 is 12.8 Å². The van der Waals surface area contributed by atoms with E-state index in [9.17, 15) is 12.8 Å². The quantitative estimate of drug-likeness (QED) is 0.758. The molecule has 0 radical (unpaired) electrons. The second kappa shape index (κ2) is 3.45. The zero-order valence-corrected chi connectivity index (χ0v) is 10.1. The van der Waals surface area contributed by atoms with E-state index in [0.717, 1.165) is 0 Å². The van der Waals surface area contributed by atoms with Crippen LogP contribution in [0.25, 0.3) is 0 Å². The Balaban J connectivity index is 2.66.